The zero-order valence-corrected chi connectivity index (χ0v) is 22.4. The SMILES string of the molecule is C1CCNCC1.N#Cc1c(NS(=O)(=O)Cc2ccccc2)ccc(Oc2ncccc2-c2ccnc(N)n2)c1F. The average Bonchev–Trinajstić information content (AvgIpc) is 2.96. The standard InChI is InChI=1S/C23H17FN6O3S.C5H11N/c24-21-17(13-25)19(30-34(31,32)14-15-5-2-1-3-6-15)8-9-20(21)33-22-16(7-4-11-27-22)18-10-12-28-23(26)29-18;1-2-4-6-5-3-1/h1-12,30H,14H2,(H2,26,28,29);6H,1-5H2. The fraction of sp³-hybridized carbons (Fsp3) is 0.214. The van der Waals surface area contributed by atoms with Crippen molar-refractivity contribution in [3.8, 4) is 29.0 Å². The van der Waals surface area contributed by atoms with Crippen LogP contribution in [0.2, 0.25) is 0 Å². The summed E-state index contributed by atoms with van der Waals surface area (Å²) in [6.07, 6.45) is 7.12. The van der Waals surface area contributed by atoms with Crippen LogP contribution in [0.1, 0.15) is 30.4 Å². The first-order chi connectivity index (χ1) is 19.4. The van der Waals surface area contributed by atoms with Crippen LogP contribution in [-0.2, 0) is 15.8 Å². The number of hydrogen-bond acceptors (Lipinski definition) is 9. The Bertz CT molecular complexity index is 1580. The third-order valence-electron chi connectivity index (χ3n) is 5.82. The Morgan fingerprint density at radius 2 is 1.77 bits per heavy atom. The van der Waals surface area contributed by atoms with Gasteiger partial charge in [0.25, 0.3) is 0 Å². The number of hydrogen-bond donors (Lipinski definition) is 3. The molecule has 40 heavy (non-hydrogen) atoms. The van der Waals surface area contributed by atoms with Crippen LogP contribution in [0.25, 0.3) is 11.3 Å². The number of sulfonamides is 1. The van der Waals surface area contributed by atoms with E-state index in [0.717, 1.165) is 0 Å². The fourth-order valence-electron chi connectivity index (χ4n) is 3.92. The van der Waals surface area contributed by atoms with Crippen LogP contribution in [0, 0.1) is 17.1 Å². The lowest BCUT2D eigenvalue weighted by molar-refractivity contribution is 0.428. The Kier molecular flexibility index (Phi) is 9.56. The number of pyridine rings is 1. The number of anilines is 2. The third kappa shape index (κ3) is 7.72. The van der Waals surface area contributed by atoms with E-state index >= 15 is 4.39 Å². The summed E-state index contributed by atoms with van der Waals surface area (Å²) in [6.45, 7) is 2.50. The highest BCUT2D eigenvalue weighted by Crippen LogP contribution is 2.34. The van der Waals surface area contributed by atoms with Gasteiger partial charge in [0.05, 0.1) is 22.7 Å². The molecule has 2 aromatic heterocycles. The van der Waals surface area contributed by atoms with Crippen molar-refractivity contribution in [2.24, 2.45) is 0 Å². The first-order valence-electron chi connectivity index (χ1n) is 12.6. The van der Waals surface area contributed by atoms with Gasteiger partial charge < -0.3 is 15.8 Å². The first kappa shape index (κ1) is 28.4. The molecule has 10 nitrogen and oxygen atoms in total. The van der Waals surface area contributed by atoms with Crippen molar-refractivity contribution in [2.45, 2.75) is 25.0 Å². The number of piperidine rings is 1. The third-order valence-corrected chi connectivity index (χ3v) is 7.06. The quantitative estimate of drug-likeness (QED) is 0.293. The van der Waals surface area contributed by atoms with Crippen molar-refractivity contribution in [1.29, 1.82) is 5.26 Å². The highest BCUT2D eigenvalue weighted by atomic mass is 32.2. The Labute approximate surface area is 232 Å². The summed E-state index contributed by atoms with van der Waals surface area (Å²) >= 11 is 0. The van der Waals surface area contributed by atoms with E-state index in [0.29, 0.717) is 16.8 Å². The molecule has 0 bridgehead atoms. The minimum Gasteiger partial charge on any atom is -0.435 e. The molecule has 0 saturated carbocycles. The molecule has 5 rings (SSSR count). The van der Waals surface area contributed by atoms with E-state index in [4.69, 9.17) is 10.5 Å². The molecule has 0 amide bonds. The molecule has 1 aliphatic heterocycles. The largest absolute Gasteiger partial charge is 0.435 e. The Morgan fingerprint density at radius 3 is 2.42 bits per heavy atom. The van der Waals surface area contributed by atoms with E-state index in [1.807, 2.05) is 0 Å². The van der Waals surface area contributed by atoms with Crippen molar-refractivity contribution in [3.05, 3.63) is 90.0 Å². The van der Waals surface area contributed by atoms with Crippen LogP contribution in [0.15, 0.2) is 73.1 Å². The number of rotatable bonds is 7. The normalized spacial score (nSPS) is 12.9. The van der Waals surface area contributed by atoms with Gasteiger partial charge in [-0.25, -0.2) is 27.8 Å². The van der Waals surface area contributed by atoms with E-state index in [-0.39, 0.29) is 29.0 Å². The van der Waals surface area contributed by atoms with E-state index in [1.54, 1.807) is 54.6 Å². The van der Waals surface area contributed by atoms with Gasteiger partial charge in [0.1, 0.15) is 11.6 Å². The number of nitriles is 1. The van der Waals surface area contributed by atoms with Gasteiger partial charge in [0.15, 0.2) is 11.6 Å². The van der Waals surface area contributed by atoms with Gasteiger partial charge in [-0.1, -0.05) is 36.8 Å². The lowest BCUT2D eigenvalue weighted by Crippen LogP contribution is -2.21. The maximum Gasteiger partial charge on any atom is 0.236 e. The summed E-state index contributed by atoms with van der Waals surface area (Å²) < 4.78 is 48.2. The molecule has 1 aliphatic rings. The second-order valence-electron chi connectivity index (χ2n) is 8.83. The minimum atomic E-state index is -3.90. The van der Waals surface area contributed by atoms with Crippen molar-refractivity contribution >= 4 is 21.7 Å². The number of nitrogens with one attached hydrogen (secondary N) is 2. The van der Waals surface area contributed by atoms with Gasteiger partial charge in [-0.2, -0.15) is 5.26 Å². The van der Waals surface area contributed by atoms with Crippen molar-refractivity contribution in [2.75, 3.05) is 23.5 Å². The summed E-state index contributed by atoms with van der Waals surface area (Å²) in [6, 6.07) is 17.5. The molecular weight excluding hydrogens is 533 g/mol. The molecule has 0 radical (unpaired) electrons. The molecule has 4 N–H and O–H groups in total. The van der Waals surface area contributed by atoms with Gasteiger partial charge in [-0.15, -0.1) is 0 Å². The molecule has 206 valence electrons. The number of nitrogens with two attached hydrogens (primary N) is 1. The Balaban J connectivity index is 0.000000546. The first-order valence-corrected chi connectivity index (χ1v) is 14.2. The summed E-state index contributed by atoms with van der Waals surface area (Å²) in [4.78, 5) is 12.1. The van der Waals surface area contributed by atoms with Crippen molar-refractivity contribution in [3.63, 3.8) is 0 Å². The van der Waals surface area contributed by atoms with E-state index in [9.17, 15) is 13.7 Å². The maximum absolute atomic E-state index is 15.2. The van der Waals surface area contributed by atoms with Gasteiger partial charge in [0, 0.05) is 12.4 Å². The second kappa shape index (κ2) is 13.5. The lowest BCUT2D eigenvalue weighted by Gasteiger charge is -2.14. The monoisotopic (exact) mass is 561 g/mol. The number of halogens is 1. The number of aromatic nitrogens is 3. The highest BCUT2D eigenvalue weighted by Gasteiger charge is 2.21. The summed E-state index contributed by atoms with van der Waals surface area (Å²) in [7, 11) is -3.90. The molecule has 3 heterocycles. The second-order valence-corrected chi connectivity index (χ2v) is 10.6. The minimum absolute atomic E-state index is 0.0146. The molecule has 0 unspecified atom stereocenters. The van der Waals surface area contributed by atoms with Gasteiger partial charge in [0.2, 0.25) is 21.9 Å². The lowest BCUT2D eigenvalue weighted by atomic mass is 10.1. The molecule has 0 atom stereocenters. The Hall–Kier alpha value is -4.60. The highest BCUT2D eigenvalue weighted by molar-refractivity contribution is 7.91. The predicted octanol–water partition coefficient (Wildman–Crippen LogP) is 4.63. The molecule has 1 saturated heterocycles. The van der Waals surface area contributed by atoms with Crippen LogP contribution >= 0.6 is 0 Å². The molecule has 1 fully saturated rings. The topological polar surface area (TPSA) is 156 Å². The van der Waals surface area contributed by atoms with E-state index in [2.05, 4.69) is 25.0 Å². The van der Waals surface area contributed by atoms with Gasteiger partial charge >= 0.3 is 0 Å². The summed E-state index contributed by atoms with van der Waals surface area (Å²) in [5, 5.41) is 12.8. The van der Waals surface area contributed by atoms with Crippen LogP contribution in [0.4, 0.5) is 16.0 Å². The summed E-state index contributed by atoms with van der Waals surface area (Å²) in [5.74, 6) is -1.64. The smallest absolute Gasteiger partial charge is 0.236 e. The molecule has 0 aliphatic carbocycles. The van der Waals surface area contributed by atoms with Crippen molar-refractivity contribution in [1.82, 2.24) is 20.3 Å². The molecule has 2 aromatic carbocycles. The zero-order valence-electron chi connectivity index (χ0n) is 21.5. The number of ether oxygens (including phenoxy) is 1. The zero-order chi connectivity index (χ0) is 28.4. The molecule has 4 aromatic rings. The number of nitrogen functional groups attached to an aromatic ring is 1. The molecule has 0 spiro atoms. The van der Waals surface area contributed by atoms with Crippen LogP contribution in [0.5, 0.6) is 11.6 Å². The van der Waals surface area contributed by atoms with Gasteiger partial charge in [-0.05, 0) is 61.8 Å². The van der Waals surface area contributed by atoms with Gasteiger partial charge in [-0.3, -0.25) is 4.72 Å². The Morgan fingerprint density at radius 1 is 1.00 bits per heavy atom. The summed E-state index contributed by atoms with van der Waals surface area (Å²) in [5.41, 5.74) is 6.29. The van der Waals surface area contributed by atoms with Crippen molar-refractivity contribution < 1.29 is 17.5 Å². The van der Waals surface area contributed by atoms with E-state index in [1.165, 1.54) is 56.9 Å². The van der Waals surface area contributed by atoms with Crippen LogP contribution < -0.4 is 20.5 Å². The molecule has 12 heteroatoms. The van der Waals surface area contributed by atoms with E-state index < -0.39 is 21.4 Å². The predicted molar refractivity (Wildman–Crippen MR) is 150 cm³/mol. The maximum atomic E-state index is 15.2. The van der Waals surface area contributed by atoms with Crippen LogP contribution in [0.3, 0.4) is 0 Å². The number of nitrogens with zero attached hydrogens (tertiary/aromatic N) is 4. The van der Waals surface area contributed by atoms with Crippen LogP contribution in [-0.4, -0.2) is 36.5 Å². The fourth-order valence-corrected chi connectivity index (χ4v) is 5.13. The molecular formula is C28H28FN7O3S. The number of benzene rings is 2. The average molecular weight is 562 g/mol.